The van der Waals surface area contributed by atoms with Gasteiger partial charge < -0.3 is 25.8 Å². The number of aliphatic hydroxyl groups excluding tert-OH is 3. The Hall–Kier alpha value is -2.52. The summed E-state index contributed by atoms with van der Waals surface area (Å²) >= 11 is 0. The number of nitrogen functional groups attached to an aromatic ring is 1. The fourth-order valence-corrected chi connectivity index (χ4v) is 2.67. The SMILES string of the molecule is Nc1nc(=O)n([C@@H]2O[C@H](CO)[C@@H](O)[C@@H]2O)cc1C=Cc1ccccc1. The summed E-state index contributed by atoms with van der Waals surface area (Å²) in [5.41, 5.74) is 6.48. The fourth-order valence-electron chi connectivity index (χ4n) is 2.67. The zero-order valence-corrected chi connectivity index (χ0v) is 13.3. The van der Waals surface area contributed by atoms with E-state index in [1.165, 1.54) is 6.20 Å². The summed E-state index contributed by atoms with van der Waals surface area (Å²) in [6.07, 6.45) is 0.0946. The van der Waals surface area contributed by atoms with Gasteiger partial charge in [-0.05, 0) is 11.6 Å². The lowest BCUT2D eigenvalue weighted by molar-refractivity contribution is -0.0549. The standard InChI is InChI=1S/C17H19N3O5/c18-15-11(7-6-10-4-2-1-3-5-10)8-20(17(24)19-15)16-14(23)13(22)12(9-21)25-16/h1-8,12-14,16,21-23H,9H2,(H2,18,19,24)/t12-,13-,14+,16-/m1/s1. The van der Waals surface area contributed by atoms with E-state index in [0.717, 1.165) is 10.1 Å². The molecule has 1 aromatic carbocycles. The molecule has 4 atom stereocenters. The van der Waals surface area contributed by atoms with Crippen molar-refractivity contribution >= 4 is 18.0 Å². The van der Waals surface area contributed by atoms with Crippen molar-refractivity contribution in [3.05, 3.63) is 58.1 Å². The van der Waals surface area contributed by atoms with Gasteiger partial charge in [-0.2, -0.15) is 4.98 Å². The Morgan fingerprint density at radius 2 is 1.92 bits per heavy atom. The molecule has 1 aliphatic heterocycles. The van der Waals surface area contributed by atoms with Crippen molar-refractivity contribution in [1.29, 1.82) is 0 Å². The highest BCUT2D eigenvalue weighted by atomic mass is 16.6. The quantitative estimate of drug-likeness (QED) is 0.593. The molecule has 1 aliphatic rings. The highest BCUT2D eigenvalue weighted by molar-refractivity contribution is 5.73. The van der Waals surface area contributed by atoms with Crippen LogP contribution >= 0.6 is 0 Å². The highest BCUT2D eigenvalue weighted by Crippen LogP contribution is 2.28. The minimum Gasteiger partial charge on any atom is -0.394 e. The van der Waals surface area contributed by atoms with Crippen LogP contribution in [0.3, 0.4) is 0 Å². The van der Waals surface area contributed by atoms with E-state index in [1.807, 2.05) is 30.3 Å². The predicted molar refractivity (Wildman–Crippen MR) is 91.3 cm³/mol. The number of aliphatic hydroxyl groups is 3. The third kappa shape index (κ3) is 3.47. The molecule has 0 spiro atoms. The second-order valence-electron chi connectivity index (χ2n) is 5.74. The second-order valence-corrected chi connectivity index (χ2v) is 5.74. The molecule has 0 bridgehead atoms. The molecule has 0 aliphatic carbocycles. The molecule has 0 saturated carbocycles. The Labute approximate surface area is 143 Å². The average Bonchev–Trinajstić information content (AvgIpc) is 2.90. The molecule has 0 unspecified atom stereocenters. The Balaban J connectivity index is 1.94. The first-order valence-corrected chi connectivity index (χ1v) is 7.75. The van der Waals surface area contributed by atoms with Crippen molar-refractivity contribution < 1.29 is 20.1 Å². The third-order valence-corrected chi connectivity index (χ3v) is 4.06. The van der Waals surface area contributed by atoms with Gasteiger partial charge in [-0.25, -0.2) is 4.79 Å². The summed E-state index contributed by atoms with van der Waals surface area (Å²) in [5, 5.41) is 29.1. The van der Waals surface area contributed by atoms with E-state index in [2.05, 4.69) is 4.98 Å². The minimum atomic E-state index is -1.37. The summed E-state index contributed by atoms with van der Waals surface area (Å²) in [4.78, 5) is 15.9. The van der Waals surface area contributed by atoms with E-state index in [4.69, 9.17) is 15.6 Å². The van der Waals surface area contributed by atoms with Crippen LogP contribution in [0.5, 0.6) is 0 Å². The van der Waals surface area contributed by atoms with Gasteiger partial charge in [-0.3, -0.25) is 4.57 Å². The molecule has 1 saturated heterocycles. The molecule has 1 aromatic heterocycles. The molecule has 132 valence electrons. The number of nitrogens with zero attached hydrogens (tertiary/aromatic N) is 2. The van der Waals surface area contributed by atoms with Crippen LogP contribution in [0, 0.1) is 0 Å². The van der Waals surface area contributed by atoms with E-state index < -0.39 is 36.8 Å². The number of rotatable bonds is 4. The number of hydrogen-bond donors (Lipinski definition) is 4. The molecule has 8 nitrogen and oxygen atoms in total. The first-order valence-electron chi connectivity index (χ1n) is 7.75. The van der Waals surface area contributed by atoms with Gasteiger partial charge in [0.15, 0.2) is 6.23 Å². The maximum absolute atomic E-state index is 12.1. The monoisotopic (exact) mass is 345 g/mol. The number of anilines is 1. The Morgan fingerprint density at radius 3 is 2.56 bits per heavy atom. The summed E-state index contributed by atoms with van der Waals surface area (Å²) < 4.78 is 6.43. The molecule has 8 heteroatoms. The van der Waals surface area contributed by atoms with Crippen molar-refractivity contribution in [1.82, 2.24) is 9.55 Å². The van der Waals surface area contributed by atoms with Gasteiger partial charge >= 0.3 is 5.69 Å². The summed E-state index contributed by atoms with van der Waals surface area (Å²) in [6, 6.07) is 9.49. The van der Waals surface area contributed by atoms with Gasteiger partial charge in [-0.15, -0.1) is 0 Å². The first kappa shape index (κ1) is 17.3. The number of hydrogen-bond acceptors (Lipinski definition) is 7. The van der Waals surface area contributed by atoms with Crippen molar-refractivity contribution in [2.75, 3.05) is 12.3 Å². The van der Waals surface area contributed by atoms with Gasteiger partial charge in [0, 0.05) is 11.8 Å². The molecule has 3 rings (SSSR count). The maximum atomic E-state index is 12.1. The first-order chi connectivity index (χ1) is 12.0. The lowest BCUT2D eigenvalue weighted by Crippen LogP contribution is -2.36. The number of aromatic nitrogens is 2. The van der Waals surface area contributed by atoms with Crippen LogP contribution in [0.25, 0.3) is 12.2 Å². The van der Waals surface area contributed by atoms with Gasteiger partial charge in [-0.1, -0.05) is 36.4 Å². The fraction of sp³-hybridized carbons (Fsp3) is 0.294. The Kier molecular flexibility index (Phi) is 4.95. The van der Waals surface area contributed by atoms with Crippen LogP contribution in [-0.4, -0.2) is 49.8 Å². The van der Waals surface area contributed by atoms with E-state index in [-0.39, 0.29) is 5.82 Å². The largest absolute Gasteiger partial charge is 0.394 e. The summed E-state index contributed by atoms with van der Waals surface area (Å²) in [7, 11) is 0. The Bertz CT molecular complexity index is 821. The lowest BCUT2D eigenvalue weighted by atomic mass is 10.1. The van der Waals surface area contributed by atoms with Crippen molar-refractivity contribution in [2.24, 2.45) is 0 Å². The van der Waals surface area contributed by atoms with Crippen LogP contribution < -0.4 is 11.4 Å². The molecule has 2 aromatic rings. The van der Waals surface area contributed by atoms with E-state index in [9.17, 15) is 15.0 Å². The van der Waals surface area contributed by atoms with Crippen LogP contribution in [0.2, 0.25) is 0 Å². The van der Waals surface area contributed by atoms with Crippen LogP contribution in [0.4, 0.5) is 5.82 Å². The predicted octanol–water partition coefficient (Wildman–Crippen LogP) is -0.393. The van der Waals surface area contributed by atoms with Crippen LogP contribution in [-0.2, 0) is 4.74 Å². The molecular weight excluding hydrogens is 326 g/mol. The maximum Gasteiger partial charge on any atom is 0.351 e. The third-order valence-electron chi connectivity index (χ3n) is 4.06. The molecule has 0 amide bonds. The van der Waals surface area contributed by atoms with Crippen molar-refractivity contribution in [3.8, 4) is 0 Å². The zero-order valence-electron chi connectivity index (χ0n) is 13.3. The number of nitrogens with two attached hydrogens (primary N) is 1. The zero-order chi connectivity index (χ0) is 18.0. The average molecular weight is 345 g/mol. The molecular formula is C17H19N3O5. The highest BCUT2D eigenvalue weighted by Gasteiger charge is 2.43. The number of ether oxygens (including phenoxy) is 1. The van der Waals surface area contributed by atoms with E-state index in [0.29, 0.717) is 5.56 Å². The summed E-state index contributed by atoms with van der Waals surface area (Å²) in [6.45, 7) is -0.480. The molecule has 0 radical (unpaired) electrons. The van der Waals surface area contributed by atoms with E-state index >= 15 is 0 Å². The molecule has 2 heterocycles. The van der Waals surface area contributed by atoms with Gasteiger partial charge in [0.25, 0.3) is 0 Å². The molecule has 1 fully saturated rings. The minimum absolute atomic E-state index is 0.0418. The topological polar surface area (TPSA) is 131 Å². The van der Waals surface area contributed by atoms with Crippen LogP contribution in [0.1, 0.15) is 17.4 Å². The summed E-state index contributed by atoms with van der Waals surface area (Å²) in [5.74, 6) is 0.0418. The normalized spacial score (nSPS) is 26.4. The number of benzene rings is 1. The van der Waals surface area contributed by atoms with Gasteiger partial charge in [0.05, 0.1) is 6.61 Å². The lowest BCUT2D eigenvalue weighted by Gasteiger charge is -2.18. The smallest absolute Gasteiger partial charge is 0.351 e. The van der Waals surface area contributed by atoms with Crippen molar-refractivity contribution in [2.45, 2.75) is 24.5 Å². The van der Waals surface area contributed by atoms with E-state index in [1.54, 1.807) is 12.2 Å². The Morgan fingerprint density at radius 1 is 1.20 bits per heavy atom. The van der Waals surface area contributed by atoms with Gasteiger partial charge in [0.2, 0.25) is 0 Å². The van der Waals surface area contributed by atoms with Crippen molar-refractivity contribution in [3.63, 3.8) is 0 Å². The second kappa shape index (κ2) is 7.16. The molecule has 5 N–H and O–H groups in total. The van der Waals surface area contributed by atoms with Crippen LogP contribution in [0.15, 0.2) is 41.3 Å². The van der Waals surface area contributed by atoms with Gasteiger partial charge in [0.1, 0.15) is 24.1 Å². The molecule has 25 heavy (non-hydrogen) atoms.